The summed E-state index contributed by atoms with van der Waals surface area (Å²) in [7, 11) is 0. The highest BCUT2D eigenvalue weighted by molar-refractivity contribution is 14.0. The van der Waals surface area contributed by atoms with Crippen molar-refractivity contribution in [1.82, 2.24) is 9.97 Å². The number of hydrogen-bond acceptors (Lipinski definition) is 2. The maximum Gasteiger partial charge on any atom is 0.0297 e. The average molecular weight is 442 g/mol. The Hall–Kier alpha value is -0.240. The van der Waals surface area contributed by atoms with E-state index < -0.39 is 0 Å². The van der Waals surface area contributed by atoms with Crippen LogP contribution in [0, 0.1) is 13.8 Å². The fraction of sp³-hybridized carbons (Fsp3) is 0.167. The molecule has 2 rings (SSSR count). The average Bonchev–Trinajstić information content (AvgIpc) is 2.21. The van der Waals surface area contributed by atoms with Crippen molar-refractivity contribution in [2.24, 2.45) is 0 Å². The van der Waals surface area contributed by atoms with Crippen molar-refractivity contribution < 1.29 is 0 Å². The van der Waals surface area contributed by atoms with Crippen LogP contribution in [-0.2, 0) is 0 Å². The van der Waals surface area contributed by atoms with Crippen LogP contribution in [0.5, 0.6) is 0 Å². The van der Waals surface area contributed by atoms with E-state index in [0.29, 0.717) is 0 Å². The molecule has 0 radical (unpaired) electrons. The number of aromatic nitrogens is 2. The Morgan fingerprint density at radius 3 is 1.25 bits per heavy atom. The predicted octanol–water partition coefficient (Wildman–Crippen LogP) is 4.02. The molecule has 2 aromatic rings. The highest BCUT2D eigenvalue weighted by Gasteiger charge is 1.73. The second-order valence-electron chi connectivity index (χ2n) is 3.06. The third-order valence-corrected chi connectivity index (χ3v) is 1.62. The Morgan fingerprint density at radius 1 is 0.750 bits per heavy atom. The first kappa shape index (κ1) is 18.1. The first-order valence-corrected chi connectivity index (χ1v) is 4.52. The Kier molecular flexibility index (Phi) is 12.8. The molecule has 0 atom stereocenters. The second kappa shape index (κ2) is 11.3. The van der Waals surface area contributed by atoms with Crippen LogP contribution in [0.1, 0.15) is 11.1 Å². The van der Waals surface area contributed by atoms with Gasteiger partial charge < -0.3 is 0 Å². The molecule has 4 heteroatoms. The van der Waals surface area contributed by atoms with Crippen molar-refractivity contribution in [3.8, 4) is 0 Å². The monoisotopic (exact) mass is 442 g/mol. The molecule has 0 aliphatic heterocycles. The van der Waals surface area contributed by atoms with Gasteiger partial charge in [-0.15, -0.1) is 48.0 Å². The minimum absolute atomic E-state index is 0. The summed E-state index contributed by atoms with van der Waals surface area (Å²) in [5.41, 5.74) is 2.42. The molecule has 0 N–H and O–H groups in total. The summed E-state index contributed by atoms with van der Waals surface area (Å²) in [6.07, 6.45) is 7.21. The predicted molar refractivity (Wildman–Crippen MR) is 88.8 cm³/mol. The lowest BCUT2D eigenvalue weighted by Crippen LogP contribution is -1.69. The summed E-state index contributed by atoms with van der Waals surface area (Å²) in [5.74, 6) is 0. The molecule has 0 unspecified atom stereocenters. The van der Waals surface area contributed by atoms with Crippen molar-refractivity contribution >= 4 is 48.0 Å². The molecule has 0 bridgehead atoms. The van der Waals surface area contributed by atoms with Gasteiger partial charge in [0.15, 0.2) is 0 Å². The van der Waals surface area contributed by atoms with E-state index >= 15 is 0 Å². The Morgan fingerprint density at radius 2 is 1.12 bits per heavy atom. The maximum absolute atomic E-state index is 3.88. The molecule has 0 saturated carbocycles. The van der Waals surface area contributed by atoms with Gasteiger partial charge in [-0.1, -0.05) is 12.1 Å². The van der Waals surface area contributed by atoms with E-state index in [1.54, 1.807) is 12.4 Å². The smallest absolute Gasteiger partial charge is 0.0297 e. The van der Waals surface area contributed by atoms with E-state index in [9.17, 15) is 0 Å². The van der Waals surface area contributed by atoms with E-state index in [-0.39, 0.29) is 48.0 Å². The van der Waals surface area contributed by atoms with Crippen LogP contribution in [0.15, 0.2) is 49.1 Å². The summed E-state index contributed by atoms with van der Waals surface area (Å²) in [6, 6.07) is 7.89. The fourth-order valence-corrected chi connectivity index (χ4v) is 0.896. The molecule has 0 saturated heterocycles. The fourth-order valence-electron chi connectivity index (χ4n) is 0.896. The molecule has 2 heterocycles. The molecule has 0 aliphatic rings. The van der Waals surface area contributed by atoms with Crippen LogP contribution in [0.3, 0.4) is 0 Å². The molecule has 0 fully saturated rings. The summed E-state index contributed by atoms with van der Waals surface area (Å²) in [5, 5.41) is 0. The van der Waals surface area contributed by atoms with Gasteiger partial charge >= 0.3 is 0 Å². The standard InChI is InChI=1S/2C6H7N.2HI/c2*1-6-3-2-4-7-5-6;;/h2*2-5H,1H3;2*1H. The van der Waals surface area contributed by atoms with Crippen molar-refractivity contribution in [1.29, 1.82) is 0 Å². The molecule has 0 spiro atoms. The lowest BCUT2D eigenvalue weighted by Gasteiger charge is -1.82. The van der Waals surface area contributed by atoms with Gasteiger partial charge in [0.2, 0.25) is 0 Å². The van der Waals surface area contributed by atoms with Crippen LogP contribution >= 0.6 is 48.0 Å². The zero-order valence-corrected chi connectivity index (χ0v) is 14.0. The van der Waals surface area contributed by atoms with Crippen molar-refractivity contribution in [3.05, 3.63) is 60.2 Å². The molecule has 2 nitrogen and oxygen atoms in total. The number of rotatable bonds is 0. The number of aryl methyl sites for hydroxylation is 2. The molecule has 16 heavy (non-hydrogen) atoms. The highest BCUT2D eigenvalue weighted by atomic mass is 127. The molecule has 0 amide bonds. The summed E-state index contributed by atoms with van der Waals surface area (Å²) in [6.45, 7) is 4.04. The molecule has 2 aromatic heterocycles. The van der Waals surface area contributed by atoms with Crippen LogP contribution in [0.4, 0.5) is 0 Å². The van der Waals surface area contributed by atoms with Gasteiger partial charge in [0.25, 0.3) is 0 Å². The van der Waals surface area contributed by atoms with Crippen LogP contribution in [-0.4, -0.2) is 9.97 Å². The van der Waals surface area contributed by atoms with Crippen LogP contribution < -0.4 is 0 Å². The van der Waals surface area contributed by atoms with Gasteiger partial charge in [-0.2, -0.15) is 0 Å². The molecule has 88 valence electrons. The topological polar surface area (TPSA) is 25.8 Å². The lowest BCUT2D eigenvalue weighted by molar-refractivity contribution is 1.27. The second-order valence-corrected chi connectivity index (χ2v) is 3.06. The van der Waals surface area contributed by atoms with E-state index in [4.69, 9.17) is 0 Å². The van der Waals surface area contributed by atoms with E-state index in [1.165, 1.54) is 11.1 Å². The van der Waals surface area contributed by atoms with Crippen LogP contribution in [0.2, 0.25) is 0 Å². The number of nitrogens with zero attached hydrogens (tertiary/aromatic N) is 2. The van der Waals surface area contributed by atoms with Gasteiger partial charge in [0, 0.05) is 24.8 Å². The van der Waals surface area contributed by atoms with E-state index in [0.717, 1.165) is 0 Å². The summed E-state index contributed by atoms with van der Waals surface area (Å²) in [4.78, 5) is 7.77. The number of halogens is 2. The van der Waals surface area contributed by atoms with Gasteiger partial charge in [0.05, 0.1) is 0 Å². The first-order valence-electron chi connectivity index (χ1n) is 4.52. The third-order valence-electron chi connectivity index (χ3n) is 1.62. The largest absolute Gasteiger partial charge is 0.264 e. The number of pyridine rings is 2. The van der Waals surface area contributed by atoms with Gasteiger partial charge in [-0.25, -0.2) is 0 Å². The van der Waals surface area contributed by atoms with Gasteiger partial charge in [-0.05, 0) is 37.1 Å². The lowest BCUT2D eigenvalue weighted by atomic mass is 10.3. The van der Waals surface area contributed by atoms with E-state index in [1.807, 2.05) is 50.5 Å². The minimum Gasteiger partial charge on any atom is -0.264 e. The molecule has 0 aromatic carbocycles. The Bertz CT molecular complexity index is 314. The molecule has 0 aliphatic carbocycles. The van der Waals surface area contributed by atoms with E-state index in [2.05, 4.69) is 9.97 Å². The molecular weight excluding hydrogens is 426 g/mol. The van der Waals surface area contributed by atoms with Crippen LogP contribution in [0.25, 0.3) is 0 Å². The van der Waals surface area contributed by atoms with Crippen molar-refractivity contribution in [2.45, 2.75) is 13.8 Å². The Labute approximate surface area is 131 Å². The highest BCUT2D eigenvalue weighted by Crippen LogP contribution is 1.88. The van der Waals surface area contributed by atoms with Crippen molar-refractivity contribution in [2.75, 3.05) is 0 Å². The minimum atomic E-state index is 0. The first-order chi connectivity index (χ1) is 6.79. The normalized spacial score (nSPS) is 7.62. The van der Waals surface area contributed by atoms with Gasteiger partial charge in [-0.3, -0.25) is 9.97 Å². The Balaban J connectivity index is 0. The summed E-state index contributed by atoms with van der Waals surface area (Å²) < 4.78 is 0. The van der Waals surface area contributed by atoms with Crippen molar-refractivity contribution in [3.63, 3.8) is 0 Å². The summed E-state index contributed by atoms with van der Waals surface area (Å²) >= 11 is 0. The maximum atomic E-state index is 3.88. The quantitative estimate of drug-likeness (QED) is 0.577. The molecular formula is C12H16I2N2. The zero-order valence-electron chi connectivity index (χ0n) is 9.33. The zero-order chi connectivity index (χ0) is 10.2. The van der Waals surface area contributed by atoms with Gasteiger partial charge in [0.1, 0.15) is 0 Å². The SMILES string of the molecule is Cc1cccnc1.Cc1cccnc1.I.I. The number of hydrogen-bond donors (Lipinski definition) is 0. The third kappa shape index (κ3) is 9.02.